The van der Waals surface area contributed by atoms with Crippen LogP contribution in [0.1, 0.15) is 19.3 Å². The van der Waals surface area contributed by atoms with Gasteiger partial charge < -0.3 is 4.74 Å². The molecule has 4 heteroatoms. The molecule has 4 aromatic rings. The van der Waals surface area contributed by atoms with Crippen molar-refractivity contribution in [2.45, 2.75) is 19.3 Å². The standard InChI is InChI=1S/C26H27N3O/c1-3-9-22(10-4-1)29-25-12-6-5-11-24(25)27-26(29)21-13-15-23(16-14-21)30-20-19-28-17-7-2-8-18-28/h1,3-6,9-16H,2,7-8,17-20H2. The van der Waals surface area contributed by atoms with Gasteiger partial charge in [-0.25, -0.2) is 4.98 Å². The molecule has 30 heavy (non-hydrogen) atoms. The average Bonchev–Trinajstić information content (AvgIpc) is 3.20. The van der Waals surface area contributed by atoms with E-state index < -0.39 is 0 Å². The van der Waals surface area contributed by atoms with Crippen LogP contribution in [0.25, 0.3) is 28.1 Å². The summed E-state index contributed by atoms with van der Waals surface area (Å²) in [5, 5.41) is 0. The molecule has 0 spiro atoms. The summed E-state index contributed by atoms with van der Waals surface area (Å²) in [5.41, 5.74) is 4.31. The van der Waals surface area contributed by atoms with Crippen molar-refractivity contribution in [3.05, 3.63) is 78.9 Å². The maximum atomic E-state index is 6.00. The Bertz CT molecular complexity index is 1100. The molecular formula is C26H27N3O. The highest BCUT2D eigenvalue weighted by Gasteiger charge is 2.14. The summed E-state index contributed by atoms with van der Waals surface area (Å²) < 4.78 is 8.23. The highest BCUT2D eigenvalue weighted by Crippen LogP contribution is 2.29. The van der Waals surface area contributed by atoms with E-state index in [0.717, 1.165) is 47.0 Å². The van der Waals surface area contributed by atoms with Gasteiger partial charge in [0, 0.05) is 17.8 Å². The van der Waals surface area contributed by atoms with Crippen LogP contribution in [0.3, 0.4) is 0 Å². The van der Waals surface area contributed by atoms with Gasteiger partial charge in [0.15, 0.2) is 0 Å². The number of imidazole rings is 1. The number of piperidine rings is 1. The largest absolute Gasteiger partial charge is 0.492 e. The van der Waals surface area contributed by atoms with Gasteiger partial charge in [0.25, 0.3) is 0 Å². The summed E-state index contributed by atoms with van der Waals surface area (Å²) in [6, 6.07) is 27.0. The van der Waals surface area contributed by atoms with Crippen LogP contribution in [-0.2, 0) is 0 Å². The summed E-state index contributed by atoms with van der Waals surface area (Å²) >= 11 is 0. The average molecular weight is 398 g/mol. The lowest BCUT2D eigenvalue weighted by Crippen LogP contribution is -2.33. The summed E-state index contributed by atoms with van der Waals surface area (Å²) in [6.07, 6.45) is 4.00. The number of likely N-dealkylation sites (tertiary alicyclic amines) is 1. The van der Waals surface area contributed by atoms with Crippen LogP contribution >= 0.6 is 0 Å². The zero-order valence-corrected chi connectivity index (χ0v) is 17.2. The van der Waals surface area contributed by atoms with E-state index in [4.69, 9.17) is 9.72 Å². The van der Waals surface area contributed by atoms with Crippen molar-refractivity contribution in [3.63, 3.8) is 0 Å². The topological polar surface area (TPSA) is 30.3 Å². The minimum atomic E-state index is 0.738. The quantitative estimate of drug-likeness (QED) is 0.427. The van der Waals surface area contributed by atoms with Gasteiger partial charge in [0.2, 0.25) is 0 Å². The van der Waals surface area contributed by atoms with Crippen molar-refractivity contribution >= 4 is 11.0 Å². The summed E-state index contributed by atoms with van der Waals surface area (Å²) in [5.74, 6) is 1.86. The predicted molar refractivity (Wildman–Crippen MR) is 122 cm³/mol. The van der Waals surface area contributed by atoms with Gasteiger partial charge in [-0.15, -0.1) is 0 Å². The number of ether oxygens (including phenoxy) is 1. The van der Waals surface area contributed by atoms with Crippen LogP contribution in [0, 0.1) is 0 Å². The van der Waals surface area contributed by atoms with Crippen LogP contribution in [0.5, 0.6) is 5.75 Å². The number of benzene rings is 3. The first-order valence-corrected chi connectivity index (χ1v) is 10.9. The fourth-order valence-electron chi connectivity index (χ4n) is 4.23. The van der Waals surface area contributed by atoms with Crippen molar-refractivity contribution in [2.75, 3.05) is 26.2 Å². The van der Waals surface area contributed by atoms with E-state index >= 15 is 0 Å². The van der Waals surface area contributed by atoms with E-state index in [-0.39, 0.29) is 0 Å². The van der Waals surface area contributed by atoms with Crippen molar-refractivity contribution in [1.29, 1.82) is 0 Å². The molecule has 0 bridgehead atoms. The Labute approximate surface area is 177 Å². The minimum absolute atomic E-state index is 0.738. The molecular weight excluding hydrogens is 370 g/mol. The molecule has 1 fully saturated rings. The van der Waals surface area contributed by atoms with Crippen LogP contribution in [0.15, 0.2) is 78.9 Å². The highest BCUT2D eigenvalue weighted by molar-refractivity contribution is 5.83. The molecule has 3 aromatic carbocycles. The zero-order valence-electron chi connectivity index (χ0n) is 17.2. The Balaban J connectivity index is 1.38. The van der Waals surface area contributed by atoms with Gasteiger partial charge in [-0.3, -0.25) is 9.47 Å². The number of hydrogen-bond donors (Lipinski definition) is 0. The molecule has 1 aliphatic heterocycles. The third-order valence-electron chi connectivity index (χ3n) is 5.81. The third kappa shape index (κ3) is 3.96. The summed E-state index contributed by atoms with van der Waals surface area (Å²) in [7, 11) is 0. The van der Waals surface area contributed by atoms with Crippen molar-refractivity contribution in [1.82, 2.24) is 14.5 Å². The van der Waals surface area contributed by atoms with Crippen LogP contribution in [0.2, 0.25) is 0 Å². The van der Waals surface area contributed by atoms with Crippen molar-refractivity contribution in [2.24, 2.45) is 0 Å². The molecule has 2 heterocycles. The number of aromatic nitrogens is 2. The lowest BCUT2D eigenvalue weighted by atomic mass is 10.1. The minimum Gasteiger partial charge on any atom is -0.492 e. The van der Waals surface area contributed by atoms with E-state index in [9.17, 15) is 0 Å². The first-order chi connectivity index (χ1) is 14.9. The lowest BCUT2D eigenvalue weighted by molar-refractivity contribution is 0.183. The van der Waals surface area contributed by atoms with Gasteiger partial charge in [-0.1, -0.05) is 36.8 Å². The maximum Gasteiger partial charge on any atom is 0.145 e. The first-order valence-electron chi connectivity index (χ1n) is 10.9. The molecule has 4 nitrogen and oxygen atoms in total. The molecule has 0 atom stereocenters. The fraction of sp³-hybridized carbons (Fsp3) is 0.269. The van der Waals surface area contributed by atoms with Crippen LogP contribution < -0.4 is 4.74 Å². The molecule has 0 aliphatic carbocycles. The van der Waals surface area contributed by atoms with Crippen molar-refractivity contribution < 1.29 is 4.74 Å². The maximum absolute atomic E-state index is 6.00. The second-order valence-corrected chi connectivity index (χ2v) is 7.87. The number of nitrogens with zero attached hydrogens (tertiary/aromatic N) is 3. The fourth-order valence-corrected chi connectivity index (χ4v) is 4.23. The lowest BCUT2D eigenvalue weighted by Gasteiger charge is -2.26. The Hall–Kier alpha value is -3.11. The smallest absolute Gasteiger partial charge is 0.145 e. The highest BCUT2D eigenvalue weighted by atomic mass is 16.5. The van der Waals surface area contributed by atoms with E-state index in [1.807, 2.05) is 12.1 Å². The van der Waals surface area contributed by atoms with Crippen molar-refractivity contribution in [3.8, 4) is 22.8 Å². The molecule has 152 valence electrons. The number of fused-ring (bicyclic) bond motifs is 1. The molecule has 0 unspecified atom stereocenters. The second-order valence-electron chi connectivity index (χ2n) is 7.87. The van der Waals surface area contributed by atoms with Gasteiger partial charge in [0.05, 0.1) is 11.0 Å². The van der Waals surface area contributed by atoms with Crippen LogP contribution in [-0.4, -0.2) is 40.7 Å². The molecule has 1 aromatic heterocycles. The van der Waals surface area contributed by atoms with E-state index in [1.54, 1.807) is 0 Å². The predicted octanol–water partition coefficient (Wildman–Crippen LogP) is 5.56. The molecule has 1 saturated heterocycles. The Kier molecular flexibility index (Phi) is 5.49. The molecule has 1 aliphatic rings. The number of para-hydroxylation sites is 3. The molecule has 0 N–H and O–H groups in total. The van der Waals surface area contributed by atoms with Gasteiger partial charge in [-0.2, -0.15) is 0 Å². The Morgan fingerprint density at radius 3 is 2.30 bits per heavy atom. The normalized spacial score (nSPS) is 14.8. The monoisotopic (exact) mass is 397 g/mol. The zero-order chi connectivity index (χ0) is 20.2. The first kappa shape index (κ1) is 18.9. The van der Waals surface area contributed by atoms with Gasteiger partial charge in [-0.05, 0) is 74.5 Å². The van der Waals surface area contributed by atoms with E-state index in [1.165, 1.54) is 32.4 Å². The van der Waals surface area contributed by atoms with E-state index in [2.05, 4.69) is 76.2 Å². The SMILES string of the molecule is c1ccc(-n2c(-c3ccc(OCCN4CCCCC4)cc3)nc3ccccc32)cc1. The summed E-state index contributed by atoms with van der Waals surface area (Å²) in [4.78, 5) is 7.43. The summed E-state index contributed by atoms with van der Waals surface area (Å²) in [6.45, 7) is 4.16. The third-order valence-corrected chi connectivity index (χ3v) is 5.81. The van der Waals surface area contributed by atoms with Crippen LogP contribution in [0.4, 0.5) is 0 Å². The molecule has 0 amide bonds. The second kappa shape index (κ2) is 8.72. The van der Waals surface area contributed by atoms with E-state index in [0.29, 0.717) is 0 Å². The number of rotatable bonds is 6. The molecule has 5 rings (SSSR count). The Morgan fingerprint density at radius 1 is 0.767 bits per heavy atom. The number of hydrogen-bond acceptors (Lipinski definition) is 3. The Morgan fingerprint density at radius 2 is 1.50 bits per heavy atom. The van der Waals surface area contributed by atoms with Gasteiger partial charge in [0.1, 0.15) is 18.2 Å². The molecule has 0 radical (unpaired) electrons. The molecule has 0 saturated carbocycles. The van der Waals surface area contributed by atoms with Gasteiger partial charge >= 0.3 is 0 Å².